The predicted molar refractivity (Wildman–Crippen MR) is 134 cm³/mol. The van der Waals surface area contributed by atoms with E-state index in [-0.39, 0.29) is 35.4 Å². The van der Waals surface area contributed by atoms with Crippen LogP contribution in [0.4, 0.5) is 4.39 Å². The highest BCUT2D eigenvalue weighted by Gasteiger charge is 2.41. The predicted octanol–water partition coefficient (Wildman–Crippen LogP) is 1.39. The van der Waals surface area contributed by atoms with Crippen molar-refractivity contribution in [3.8, 4) is 0 Å². The van der Waals surface area contributed by atoms with Crippen LogP contribution in [0.1, 0.15) is 46.0 Å². The van der Waals surface area contributed by atoms with Crippen LogP contribution in [0.5, 0.6) is 0 Å². The SMILES string of the molecule is CCCC/C1=C(C(C(=O)NC2CNCC(Cl)C2N2CCC(O)C2)C(N)N)/N=C\C(F)=C/C[C@@H]1C. The van der Waals surface area contributed by atoms with Crippen LogP contribution in [-0.2, 0) is 4.79 Å². The Morgan fingerprint density at radius 2 is 2.21 bits per heavy atom. The number of amides is 1. The van der Waals surface area contributed by atoms with E-state index in [1.807, 2.05) is 6.92 Å². The average Bonchev–Trinajstić information content (AvgIpc) is 3.20. The number of aliphatic hydroxyl groups excluding tert-OH is 1. The van der Waals surface area contributed by atoms with Gasteiger partial charge in [-0.15, -0.1) is 11.6 Å². The fourth-order valence-corrected chi connectivity index (χ4v) is 5.70. The fraction of sp³-hybridized carbons (Fsp3) is 0.750. The van der Waals surface area contributed by atoms with Crippen LogP contribution in [0.3, 0.4) is 0 Å². The van der Waals surface area contributed by atoms with Crippen LogP contribution in [0.2, 0.25) is 0 Å². The van der Waals surface area contributed by atoms with Gasteiger partial charge in [-0.05, 0) is 43.3 Å². The molecular formula is C24H40ClFN6O2. The van der Waals surface area contributed by atoms with E-state index in [4.69, 9.17) is 23.1 Å². The second-order valence-electron chi connectivity index (χ2n) is 9.77. The number of unbranched alkanes of at least 4 members (excludes halogenated alkanes) is 1. The molecule has 192 valence electrons. The van der Waals surface area contributed by atoms with Crippen molar-refractivity contribution in [3.63, 3.8) is 0 Å². The summed E-state index contributed by atoms with van der Waals surface area (Å²) in [5.74, 6) is -1.67. The summed E-state index contributed by atoms with van der Waals surface area (Å²) in [5, 5.41) is 16.2. The summed E-state index contributed by atoms with van der Waals surface area (Å²) in [4.78, 5) is 20.2. The number of hydrogen-bond acceptors (Lipinski definition) is 7. The molecule has 0 aromatic rings. The van der Waals surface area contributed by atoms with Crippen LogP contribution in [-0.4, -0.2) is 78.0 Å². The van der Waals surface area contributed by atoms with E-state index in [1.54, 1.807) is 0 Å². The highest BCUT2D eigenvalue weighted by molar-refractivity contribution is 6.21. The Hall–Kier alpha value is -1.36. The van der Waals surface area contributed by atoms with E-state index in [0.717, 1.165) is 37.6 Å². The topological polar surface area (TPSA) is 129 Å². The third kappa shape index (κ3) is 6.65. The maximum Gasteiger partial charge on any atom is 0.232 e. The van der Waals surface area contributed by atoms with Crippen molar-refractivity contribution in [2.45, 2.75) is 75.7 Å². The maximum atomic E-state index is 14.2. The molecule has 3 heterocycles. The number of nitrogens with one attached hydrogen (secondary N) is 2. The average molecular weight is 499 g/mol. The van der Waals surface area contributed by atoms with Crippen molar-refractivity contribution in [2.24, 2.45) is 28.3 Å². The number of alkyl halides is 1. The Morgan fingerprint density at radius 1 is 1.44 bits per heavy atom. The van der Waals surface area contributed by atoms with E-state index in [2.05, 4.69) is 27.4 Å². The molecule has 3 rings (SSSR count). The van der Waals surface area contributed by atoms with Crippen LogP contribution in [0.25, 0.3) is 0 Å². The van der Waals surface area contributed by atoms with Crippen LogP contribution >= 0.6 is 11.6 Å². The van der Waals surface area contributed by atoms with Gasteiger partial charge in [0.1, 0.15) is 11.7 Å². The Morgan fingerprint density at radius 3 is 2.85 bits per heavy atom. The highest BCUT2D eigenvalue weighted by atomic mass is 35.5. The summed E-state index contributed by atoms with van der Waals surface area (Å²) in [6, 6.07) is -0.422. The standard InChI is InChI=1S/C24H40ClFN6O2/c1-3-4-5-17-14(2)6-7-15(26)10-30-21(17)20(23(27)28)24(34)31-19-12-29-11-18(25)22(19)32-9-8-16(33)13-32/h7,10,14,16,18-20,22-23,29,33H,3-6,8-9,11-13,27-28H2,1-2H3,(H,31,34)/b15-7+,21-17-,30-10-/t14-,16?,18?,19?,20?,22?/m0/s1. The number of nitrogens with two attached hydrogens (primary N) is 2. The number of halogens is 2. The van der Waals surface area contributed by atoms with E-state index in [9.17, 15) is 14.3 Å². The maximum absolute atomic E-state index is 14.2. The number of aliphatic imine (C=N–C) groups is 1. The monoisotopic (exact) mass is 498 g/mol. The third-order valence-corrected chi connectivity index (χ3v) is 7.52. The number of hydrogen-bond donors (Lipinski definition) is 5. The minimum Gasteiger partial charge on any atom is -0.392 e. The molecule has 8 nitrogen and oxygen atoms in total. The lowest BCUT2D eigenvalue weighted by molar-refractivity contribution is -0.125. The smallest absolute Gasteiger partial charge is 0.232 e. The van der Waals surface area contributed by atoms with Crippen LogP contribution < -0.4 is 22.1 Å². The fourth-order valence-electron chi connectivity index (χ4n) is 5.26. The van der Waals surface area contributed by atoms with Gasteiger partial charge in [0.05, 0.1) is 35.6 Å². The van der Waals surface area contributed by atoms with Gasteiger partial charge in [-0.2, -0.15) is 0 Å². The third-order valence-electron chi connectivity index (χ3n) is 7.11. The van der Waals surface area contributed by atoms with E-state index in [1.165, 1.54) is 6.08 Å². The number of aliphatic hydroxyl groups is 1. The molecule has 7 N–H and O–H groups in total. The first-order valence-electron chi connectivity index (χ1n) is 12.4. The largest absolute Gasteiger partial charge is 0.392 e. The molecule has 3 aliphatic heterocycles. The molecule has 0 spiro atoms. The number of carbonyl (C=O) groups is 1. The van der Waals surface area contributed by atoms with Crippen molar-refractivity contribution in [2.75, 3.05) is 26.2 Å². The van der Waals surface area contributed by atoms with Gasteiger partial charge in [0.2, 0.25) is 5.91 Å². The zero-order valence-corrected chi connectivity index (χ0v) is 21.0. The minimum absolute atomic E-state index is 0.0150. The molecule has 5 unspecified atom stereocenters. The van der Waals surface area contributed by atoms with Gasteiger partial charge in [-0.3, -0.25) is 14.7 Å². The normalized spacial score (nSPS) is 36.5. The molecule has 34 heavy (non-hydrogen) atoms. The van der Waals surface area contributed by atoms with Crippen molar-refractivity contribution in [3.05, 3.63) is 23.2 Å². The summed E-state index contributed by atoms with van der Waals surface area (Å²) >= 11 is 6.67. The van der Waals surface area contributed by atoms with Gasteiger partial charge in [0.25, 0.3) is 0 Å². The Balaban J connectivity index is 1.90. The molecule has 10 heteroatoms. The molecular weight excluding hydrogens is 459 g/mol. The zero-order chi connectivity index (χ0) is 24.8. The lowest BCUT2D eigenvalue weighted by atomic mass is 9.85. The minimum atomic E-state index is -1.00. The van der Waals surface area contributed by atoms with Gasteiger partial charge in [0, 0.05) is 32.2 Å². The summed E-state index contributed by atoms with van der Waals surface area (Å²) < 4.78 is 14.2. The molecule has 0 aliphatic carbocycles. The number of β-amino-alcohol motifs (C(OH)–C–C–N with tert-alkyl or cyclic N) is 1. The van der Waals surface area contributed by atoms with E-state index >= 15 is 0 Å². The van der Waals surface area contributed by atoms with Crippen molar-refractivity contribution >= 4 is 23.7 Å². The van der Waals surface area contributed by atoms with E-state index in [0.29, 0.717) is 38.2 Å². The number of nitrogens with zero attached hydrogens (tertiary/aromatic N) is 2. The summed E-state index contributed by atoms with van der Waals surface area (Å²) in [6.07, 6.45) is 5.16. The summed E-state index contributed by atoms with van der Waals surface area (Å²) in [7, 11) is 0. The summed E-state index contributed by atoms with van der Waals surface area (Å²) in [6.45, 7) is 6.52. The van der Waals surface area contributed by atoms with Gasteiger partial charge in [-0.1, -0.05) is 20.3 Å². The Bertz CT molecular complexity index is 804. The molecule has 3 aliphatic rings. The van der Waals surface area contributed by atoms with Crippen molar-refractivity contribution in [1.29, 1.82) is 0 Å². The molecule has 0 radical (unpaired) electrons. The second kappa shape index (κ2) is 12.6. The van der Waals surface area contributed by atoms with Gasteiger partial charge in [-0.25, -0.2) is 4.39 Å². The van der Waals surface area contributed by atoms with Crippen molar-refractivity contribution in [1.82, 2.24) is 15.5 Å². The summed E-state index contributed by atoms with van der Waals surface area (Å²) in [5.41, 5.74) is 13.8. The lowest BCUT2D eigenvalue weighted by Crippen LogP contribution is -2.65. The Labute approximate surface area is 207 Å². The molecule has 0 aromatic heterocycles. The second-order valence-corrected chi connectivity index (χ2v) is 10.3. The molecule has 0 bridgehead atoms. The number of rotatable bonds is 8. The van der Waals surface area contributed by atoms with Crippen molar-refractivity contribution < 1.29 is 14.3 Å². The first-order valence-corrected chi connectivity index (χ1v) is 12.9. The first kappa shape index (κ1) is 27.2. The van der Waals surface area contributed by atoms with Gasteiger partial charge < -0.3 is 27.2 Å². The number of piperidine rings is 1. The van der Waals surface area contributed by atoms with Crippen LogP contribution in [0.15, 0.2) is 28.2 Å². The Kier molecular flexibility index (Phi) is 10.1. The zero-order valence-electron chi connectivity index (χ0n) is 20.2. The molecule has 2 fully saturated rings. The molecule has 6 atom stereocenters. The van der Waals surface area contributed by atoms with Crippen LogP contribution in [0, 0.1) is 11.8 Å². The number of carbonyl (C=O) groups excluding carboxylic acids is 1. The quantitative estimate of drug-likeness (QED) is 0.254. The highest BCUT2D eigenvalue weighted by Crippen LogP contribution is 2.32. The molecule has 2 saturated heterocycles. The molecule has 0 aromatic carbocycles. The number of likely N-dealkylation sites (tertiary alicyclic amines) is 1. The lowest BCUT2D eigenvalue weighted by Gasteiger charge is -2.42. The first-order chi connectivity index (χ1) is 16.2. The molecule has 0 saturated carbocycles. The number of allylic oxidation sites excluding steroid dienone is 3. The van der Waals surface area contributed by atoms with Gasteiger partial charge in [0.15, 0.2) is 0 Å². The van der Waals surface area contributed by atoms with E-state index < -0.39 is 17.9 Å². The molecule has 1 amide bonds. The van der Waals surface area contributed by atoms with Gasteiger partial charge >= 0.3 is 0 Å².